The van der Waals surface area contributed by atoms with Crippen LogP contribution in [-0.4, -0.2) is 17.6 Å². The van der Waals surface area contributed by atoms with E-state index in [0.717, 1.165) is 10.4 Å². The van der Waals surface area contributed by atoms with Gasteiger partial charge in [-0.2, -0.15) is 22.7 Å². The molecule has 3 rings (SSSR count). The van der Waals surface area contributed by atoms with Gasteiger partial charge < -0.3 is 10.6 Å². The third kappa shape index (κ3) is 4.62. The Morgan fingerprint density at radius 3 is 2.24 bits per heavy atom. The summed E-state index contributed by atoms with van der Waals surface area (Å²) in [7, 11) is 0. The highest BCUT2D eigenvalue weighted by atomic mass is 32.1. The quantitative estimate of drug-likeness (QED) is 0.502. The molecule has 0 fully saturated rings. The van der Waals surface area contributed by atoms with Crippen molar-refractivity contribution in [3.63, 3.8) is 0 Å². The van der Waals surface area contributed by atoms with Gasteiger partial charge in [-0.1, -0.05) is 0 Å². The maximum Gasteiger partial charge on any atom is 0.309 e. The van der Waals surface area contributed by atoms with Gasteiger partial charge in [0.15, 0.2) is 0 Å². The number of ketones is 1. The smallest absolute Gasteiger partial charge is 0.309 e. The lowest BCUT2D eigenvalue weighted by Gasteiger charge is -2.04. The fraction of sp³-hybridized carbons (Fsp3) is 0.118. The summed E-state index contributed by atoms with van der Waals surface area (Å²) in [6.45, 7) is 0.542. The summed E-state index contributed by atoms with van der Waals surface area (Å²) < 4.78 is 0. The number of hydrogen-bond donors (Lipinski definition) is 2. The Bertz CT molecular complexity index is 867. The number of rotatable bonds is 6. The summed E-state index contributed by atoms with van der Waals surface area (Å²) in [6.07, 6.45) is 0. The predicted molar refractivity (Wildman–Crippen MR) is 100 cm³/mol. The van der Waals surface area contributed by atoms with Gasteiger partial charge in [-0.05, 0) is 46.0 Å². The van der Waals surface area contributed by atoms with Gasteiger partial charge in [0.25, 0.3) is 0 Å². The molecule has 3 aromatic heterocycles. The molecule has 0 aliphatic rings. The molecule has 0 radical (unpaired) electrons. The lowest BCUT2D eigenvalue weighted by Crippen LogP contribution is -2.39. The Kier molecular flexibility index (Phi) is 5.75. The van der Waals surface area contributed by atoms with Crippen LogP contribution < -0.4 is 10.6 Å². The highest BCUT2D eigenvalue weighted by Crippen LogP contribution is 2.21. The van der Waals surface area contributed by atoms with Gasteiger partial charge in [0.1, 0.15) is 0 Å². The van der Waals surface area contributed by atoms with Gasteiger partial charge in [-0.3, -0.25) is 14.4 Å². The van der Waals surface area contributed by atoms with Crippen molar-refractivity contribution in [2.75, 3.05) is 0 Å². The van der Waals surface area contributed by atoms with E-state index in [9.17, 15) is 14.4 Å². The average molecular weight is 391 g/mol. The van der Waals surface area contributed by atoms with Crippen LogP contribution in [0.5, 0.6) is 0 Å². The second-order valence-corrected chi connectivity index (χ2v) is 7.83. The van der Waals surface area contributed by atoms with Gasteiger partial charge in [0.05, 0.1) is 11.4 Å². The maximum absolute atomic E-state index is 12.2. The Hall–Kier alpha value is -2.29. The highest BCUT2D eigenvalue weighted by molar-refractivity contribution is 7.14. The molecule has 128 valence electrons. The van der Waals surface area contributed by atoms with Crippen LogP contribution in [0.2, 0.25) is 0 Å². The molecule has 0 saturated carbocycles. The zero-order chi connectivity index (χ0) is 17.6. The van der Waals surface area contributed by atoms with Crippen molar-refractivity contribution < 1.29 is 14.4 Å². The molecule has 0 atom stereocenters. The van der Waals surface area contributed by atoms with E-state index in [0.29, 0.717) is 17.0 Å². The van der Waals surface area contributed by atoms with Crippen LogP contribution in [0.4, 0.5) is 0 Å². The first kappa shape index (κ1) is 17.5. The summed E-state index contributed by atoms with van der Waals surface area (Å²) in [5, 5.41) is 12.6. The number of nitrogens with one attached hydrogen (secondary N) is 2. The van der Waals surface area contributed by atoms with Crippen LogP contribution in [0.1, 0.15) is 25.7 Å². The molecule has 0 saturated heterocycles. The summed E-state index contributed by atoms with van der Waals surface area (Å²) in [6, 6.07) is 7.20. The van der Waals surface area contributed by atoms with E-state index < -0.39 is 11.8 Å². The van der Waals surface area contributed by atoms with Gasteiger partial charge in [0.2, 0.25) is 5.78 Å². The molecule has 3 aromatic rings. The van der Waals surface area contributed by atoms with Crippen LogP contribution >= 0.6 is 34.0 Å². The fourth-order valence-electron chi connectivity index (χ4n) is 2.03. The number of amides is 2. The van der Waals surface area contributed by atoms with E-state index in [2.05, 4.69) is 10.6 Å². The van der Waals surface area contributed by atoms with E-state index in [1.165, 1.54) is 34.0 Å². The highest BCUT2D eigenvalue weighted by Gasteiger charge is 2.15. The molecule has 0 aliphatic heterocycles. The zero-order valence-corrected chi connectivity index (χ0v) is 15.4. The Labute approximate surface area is 156 Å². The number of carbonyl (C=O) groups is 3. The van der Waals surface area contributed by atoms with Crippen molar-refractivity contribution in [2.24, 2.45) is 0 Å². The Balaban J connectivity index is 1.49. The third-order valence-electron chi connectivity index (χ3n) is 3.33. The van der Waals surface area contributed by atoms with Crippen LogP contribution in [0.15, 0.2) is 45.8 Å². The molecule has 3 heterocycles. The van der Waals surface area contributed by atoms with Gasteiger partial charge in [0, 0.05) is 22.4 Å². The van der Waals surface area contributed by atoms with Crippen LogP contribution in [0, 0.1) is 0 Å². The average Bonchev–Trinajstić information content (AvgIpc) is 3.39. The minimum atomic E-state index is -0.686. The van der Waals surface area contributed by atoms with Crippen molar-refractivity contribution in [3.05, 3.63) is 66.7 Å². The lowest BCUT2D eigenvalue weighted by atomic mass is 10.2. The van der Waals surface area contributed by atoms with Crippen LogP contribution in [0.25, 0.3) is 0 Å². The molecule has 0 spiro atoms. The second kappa shape index (κ2) is 8.19. The molecular formula is C17H14N2O3S3. The van der Waals surface area contributed by atoms with Crippen LogP contribution in [-0.2, 0) is 22.7 Å². The van der Waals surface area contributed by atoms with Crippen molar-refractivity contribution >= 4 is 51.6 Å². The van der Waals surface area contributed by atoms with E-state index in [4.69, 9.17) is 0 Å². The largest absolute Gasteiger partial charge is 0.344 e. The Morgan fingerprint density at radius 2 is 1.56 bits per heavy atom. The maximum atomic E-state index is 12.2. The molecule has 0 aromatic carbocycles. The number of hydrogen-bond acceptors (Lipinski definition) is 6. The Morgan fingerprint density at radius 1 is 0.840 bits per heavy atom. The molecule has 25 heavy (non-hydrogen) atoms. The molecule has 2 amide bonds. The van der Waals surface area contributed by atoms with E-state index in [1.54, 1.807) is 23.6 Å². The topological polar surface area (TPSA) is 75.3 Å². The summed E-state index contributed by atoms with van der Waals surface area (Å²) in [5.74, 6) is -1.39. The van der Waals surface area contributed by atoms with Gasteiger partial charge in [-0.25, -0.2) is 0 Å². The third-order valence-corrected chi connectivity index (χ3v) is 5.83. The lowest BCUT2D eigenvalue weighted by molar-refractivity contribution is -0.139. The second-order valence-electron chi connectivity index (χ2n) is 5.10. The fourth-order valence-corrected chi connectivity index (χ4v) is 4.25. The number of carbonyl (C=O) groups excluding carboxylic acids is 3. The zero-order valence-electron chi connectivity index (χ0n) is 13.0. The monoisotopic (exact) mass is 390 g/mol. The van der Waals surface area contributed by atoms with Gasteiger partial charge >= 0.3 is 11.8 Å². The SMILES string of the molecule is O=C(NCc1ccsc1)C(=O)NCc1ccc(C(=O)c2ccsc2)s1. The first-order chi connectivity index (χ1) is 12.1. The van der Waals surface area contributed by atoms with E-state index in [-0.39, 0.29) is 12.3 Å². The predicted octanol–water partition coefficient (Wildman–Crippen LogP) is 3.03. The summed E-state index contributed by atoms with van der Waals surface area (Å²) in [4.78, 5) is 37.2. The summed E-state index contributed by atoms with van der Waals surface area (Å²) in [5.41, 5.74) is 1.62. The summed E-state index contributed by atoms with van der Waals surface area (Å²) >= 11 is 4.32. The molecule has 0 bridgehead atoms. The van der Waals surface area contributed by atoms with Crippen molar-refractivity contribution in [2.45, 2.75) is 13.1 Å². The van der Waals surface area contributed by atoms with E-state index in [1.807, 2.05) is 22.2 Å². The van der Waals surface area contributed by atoms with Crippen LogP contribution in [0.3, 0.4) is 0 Å². The molecule has 2 N–H and O–H groups in total. The van der Waals surface area contributed by atoms with Crippen molar-refractivity contribution in [1.82, 2.24) is 10.6 Å². The molecule has 0 unspecified atom stereocenters. The molecule has 0 aliphatic carbocycles. The minimum absolute atomic E-state index is 0.0302. The first-order valence-corrected chi connectivity index (χ1v) is 10.1. The molecule has 5 nitrogen and oxygen atoms in total. The van der Waals surface area contributed by atoms with Crippen molar-refractivity contribution in [3.8, 4) is 0 Å². The minimum Gasteiger partial charge on any atom is -0.344 e. The van der Waals surface area contributed by atoms with Gasteiger partial charge in [-0.15, -0.1) is 11.3 Å². The van der Waals surface area contributed by atoms with Crippen molar-refractivity contribution in [1.29, 1.82) is 0 Å². The first-order valence-electron chi connectivity index (χ1n) is 7.36. The normalized spacial score (nSPS) is 10.4. The van der Waals surface area contributed by atoms with E-state index >= 15 is 0 Å². The molecule has 8 heteroatoms. The standard InChI is InChI=1S/C17H14N2O3S3/c20-15(12-4-6-24-10-12)14-2-1-13(25-14)8-19-17(22)16(21)18-7-11-3-5-23-9-11/h1-6,9-10H,7-8H2,(H,18,21)(H,19,22). The molecular weight excluding hydrogens is 376 g/mol. The number of thiophene rings is 3.